The maximum absolute atomic E-state index is 11.6. The number of H-pyrrole nitrogens is 1. The van der Waals surface area contributed by atoms with Gasteiger partial charge >= 0.3 is 0 Å². The number of nitrogens with zero attached hydrogens (tertiary/aromatic N) is 1. The Morgan fingerprint density at radius 3 is 3.24 bits per heavy atom. The van der Waals surface area contributed by atoms with E-state index in [-0.39, 0.29) is 12.5 Å². The van der Waals surface area contributed by atoms with Crippen molar-refractivity contribution < 1.29 is 4.79 Å². The highest BCUT2D eigenvalue weighted by molar-refractivity contribution is 6.01. The van der Waals surface area contributed by atoms with E-state index in [9.17, 15) is 4.79 Å². The van der Waals surface area contributed by atoms with E-state index in [0.717, 1.165) is 16.6 Å². The van der Waals surface area contributed by atoms with Crippen LogP contribution in [-0.4, -0.2) is 29.2 Å². The topological polar surface area (TPSA) is 69.8 Å². The van der Waals surface area contributed by atoms with Crippen LogP contribution in [0.2, 0.25) is 0 Å². The highest BCUT2D eigenvalue weighted by atomic mass is 16.1. The molecule has 3 N–H and O–H groups in total. The maximum Gasteiger partial charge on any atom is 0.238 e. The highest BCUT2D eigenvalue weighted by Crippen LogP contribution is 2.20. The van der Waals surface area contributed by atoms with Crippen LogP contribution in [0.3, 0.4) is 0 Å². The van der Waals surface area contributed by atoms with Crippen LogP contribution >= 0.6 is 0 Å². The van der Waals surface area contributed by atoms with E-state index >= 15 is 0 Å². The van der Waals surface area contributed by atoms with Gasteiger partial charge in [-0.05, 0) is 12.1 Å². The van der Waals surface area contributed by atoms with Crippen molar-refractivity contribution in [2.45, 2.75) is 0 Å². The molecule has 0 bridgehead atoms. The zero-order valence-corrected chi connectivity index (χ0v) is 9.16. The second-order valence-corrected chi connectivity index (χ2v) is 3.49. The summed E-state index contributed by atoms with van der Waals surface area (Å²) in [6.07, 6.45) is 6.75. The Morgan fingerprint density at radius 1 is 1.53 bits per heavy atom. The SMILES string of the molecule is C#CCNCC(=O)Nc1cccc2[nH]ncc12. The molecule has 5 nitrogen and oxygen atoms in total. The predicted octanol–water partition coefficient (Wildman–Crippen LogP) is 0.724. The molecule has 0 unspecified atom stereocenters. The number of anilines is 1. The van der Waals surface area contributed by atoms with Crippen LogP contribution in [0.1, 0.15) is 0 Å². The number of hydrogen-bond donors (Lipinski definition) is 3. The maximum atomic E-state index is 11.6. The van der Waals surface area contributed by atoms with E-state index in [1.807, 2.05) is 18.2 Å². The lowest BCUT2D eigenvalue weighted by Gasteiger charge is -2.06. The smallest absolute Gasteiger partial charge is 0.238 e. The summed E-state index contributed by atoms with van der Waals surface area (Å²) in [5, 5.41) is 13.3. The minimum atomic E-state index is -0.131. The molecule has 0 aliphatic heterocycles. The predicted molar refractivity (Wildman–Crippen MR) is 66.4 cm³/mol. The van der Waals surface area contributed by atoms with Crippen molar-refractivity contribution in [3.63, 3.8) is 0 Å². The molecule has 2 rings (SSSR count). The lowest BCUT2D eigenvalue weighted by molar-refractivity contribution is -0.115. The Morgan fingerprint density at radius 2 is 2.41 bits per heavy atom. The van der Waals surface area contributed by atoms with Crippen LogP contribution in [-0.2, 0) is 4.79 Å². The van der Waals surface area contributed by atoms with Crippen molar-refractivity contribution in [2.75, 3.05) is 18.4 Å². The summed E-state index contributed by atoms with van der Waals surface area (Å²) in [5.41, 5.74) is 1.63. The van der Waals surface area contributed by atoms with Gasteiger partial charge in [0.15, 0.2) is 0 Å². The first-order chi connectivity index (χ1) is 8.31. The number of amides is 1. The van der Waals surface area contributed by atoms with Crippen molar-refractivity contribution in [3.8, 4) is 12.3 Å². The van der Waals surface area contributed by atoms with Gasteiger partial charge in [0.05, 0.1) is 30.5 Å². The van der Waals surface area contributed by atoms with Gasteiger partial charge in [0.2, 0.25) is 5.91 Å². The van der Waals surface area contributed by atoms with Crippen molar-refractivity contribution in [1.29, 1.82) is 0 Å². The fourth-order valence-corrected chi connectivity index (χ4v) is 1.52. The van der Waals surface area contributed by atoms with Gasteiger partial charge in [-0.3, -0.25) is 15.2 Å². The van der Waals surface area contributed by atoms with Crippen LogP contribution in [0.25, 0.3) is 10.9 Å². The first-order valence-corrected chi connectivity index (χ1v) is 5.17. The second-order valence-electron chi connectivity index (χ2n) is 3.49. The number of hydrogen-bond acceptors (Lipinski definition) is 3. The minimum absolute atomic E-state index is 0.131. The average Bonchev–Trinajstić information content (AvgIpc) is 2.78. The minimum Gasteiger partial charge on any atom is -0.324 e. The molecule has 17 heavy (non-hydrogen) atoms. The van der Waals surface area contributed by atoms with Gasteiger partial charge in [-0.15, -0.1) is 6.42 Å². The average molecular weight is 228 g/mol. The lowest BCUT2D eigenvalue weighted by atomic mass is 10.2. The fourth-order valence-electron chi connectivity index (χ4n) is 1.52. The van der Waals surface area contributed by atoms with Crippen molar-refractivity contribution >= 4 is 22.5 Å². The number of rotatable bonds is 4. The first-order valence-electron chi connectivity index (χ1n) is 5.17. The molecule has 0 radical (unpaired) electrons. The number of nitrogens with one attached hydrogen (secondary N) is 3. The molecule has 0 atom stereocenters. The number of benzene rings is 1. The van der Waals surface area contributed by atoms with E-state index in [0.29, 0.717) is 6.54 Å². The van der Waals surface area contributed by atoms with Crippen molar-refractivity contribution in [2.24, 2.45) is 0 Å². The molecular formula is C12H12N4O. The Hall–Kier alpha value is -2.32. The zero-order chi connectivity index (χ0) is 12.1. The molecule has 1 aromatic heterocycles. The Bertz CT molecular complexity index is 567. The summed E-state index contributed by atoms with van der Waals surface area (Å²) < 4.78 is 0. The normalized spacial score (nSPS) is 10.1. The Labute approximate surface area is 98.6 Å². The molecule has 2 aromatic rings. The van der Waals surface area contributed by atoms with Gasteiger partial charge < -0.3 is 5.32 Å². The molecule has 0 aliphatic rings. The molecule has 0 saturated carbocycles. The summed E-state index contributed by atoms with van der Waals surface area (Å²) in [6.45, 7) is 0.571. The molecule has 0 aliphatic carbocycles. The van der Waals surface area contributed by atoms with Gasteiger partial charge in [-0.1, -0.05) is 12.0 Å². The first kappa shape index (κ1) is 11.2. The van der Waals surface area contributed by atoms with Gasteiger partial charge in [0.25, 0.3) is 0 Å². The molecule has 0 fully saturated rings. The molecule has 0 saturated heterocycles. The summed E-state index contributed by atoms with van der Waals surface area (Å²) in [5.74, 6) is 2.28. The zero-order valence-electron chi connectivity index (χ0n) is 9.16. The fraction of sp³-hybridized carbons (Fsp3) is 0.167. The number of carbonyl (C=O) groups is 1. The monoisotopic (exact) mass is 228 g/mol. The third-order valence-corrected chi connectivity index (χ3v) is 2.27. The molecule has 86 valence electrons. The van der Waals surface area contributed by atoms with Crippen molar-refractivity contribution in [3.05, 3.63) is 24.4 Å². The van der Waals surface area contributed by atoms with Gasteiger partial charge in [-0.2, -0.15) is 5.10 Å². The van der Waals surface area contributed by atoms with E-state index in [1.165, 1.54) is 0 Å². The quantitative estimate of drug-likeness (QED) is 0.533. The van der Waals surface area contributed by atoms with E-state index in [1.54, 1.807) is 6.20 Å². The molecular weight excluding hydrogens is 216 g/mol. The number of aromatic amines is 1. The largest absolute Gasteiger partial charge is 0.324 e. The van der Waals surface area contributed by atoms with Gasteiger partial charge in [0.1, 0.15) is 0 Å². The Kier molecular flexibility index (Phi) is 3.38. The number of terminal acetylenes is 1. The number of fused-ring (bicyclic) bond motifs is 1. The molecule has 5 heteroatoms. The molecule has 0 spiro atoms. The number of aromatic nitrogens is 2. The van der Waals surface area contributed by atoms with E-state index < -0.39 is 0 Å². The van der Waals surface area contributed by atoms with Crippen LogP contribution < -0.4 is 10.6 Å². The van der Waals surface area contributed by atoms with Crippen molar-refractivity contribution in [1.82, 2.24) is 15.5 Å². The molecule has 1 amide bonds. The Balaban J connectivity index is 2.06. The van der Waals surface area contributed by atoms with E-state index in [2.05, 4.69) is 26.8 Å². The summed E-state index contributed by atoms with van der Waals surface area (Å²) in [6, 6.07) is 5.58. The van der Waals surface area contributed by atoms with Crippen LogP contribution in [0.5, 0.6) is 0 Å². The summed E-state index contributed by atoms with van der Waals surface area (Å²) >= 11 is 0. The third-order valence-electron chi connectivity index (χ3n) is 2.27. The van der Waals surface area contributed by atoms with E-state index in [4.69, 9.17) is 6.42 Å². The second kappa shape index (κ2) is 5.14. The molecule has 1 aromatic carbocycles. The standard InChI is InChI=1S/C12H12N4O/c1-2-6-13-8-12(17)15-10-4-3-5-11-9(10)7-14-16-11/h1,3-5,7,13H,6,8H2,(H,14,16)(H,15,17). The number of carbonyl (C=O) groups excluding carboxylic acids is 1. The lowest BCUT2D eigenvalue weighted by Crippen LogP contribution is -2.28. The van der Waals surface area contributed by atoms with Crippen LogP contribution in [0.4, 0.5) is 5.69 Å². The van der Waals surface area contributed by atoms with Crippen LogP contribution in [0.15, 0.2) is 24.4 Å². The summed E-state index contributed by atoms with van der Waals surface area (Å²) in [4.78, 5) is 11.6. The van der Waals surface area contributed by atoms with Crippen LogP contribution in [0, 0.1) is 12.3 Å². The van der Waals surface area contributed by atoms with Gasteiger partial charge in [0, 0.05) is 5.39 Å². The highest BCUT2D eigenvalue weighted by Gasteiger charge is 2.05. The third kappa shape index (κ3) is 2.62. The van der Waals surface area contributed by atoms with Gasteiger partial charge in [-0.25, -0.2) is 0 Å². The summed E-state index contributed by atoms with van der Waals surface area (Å²) in [7, 11) is 0. The molecule has 1 heterocycles.